The molecule has 39 heavy (non-hydrogen) atoms. The third-order valence-corrected chi connectivity index (χ3v) is 5.57. The molecular formula is C30H25FN6O2. The van der Waals surface area contributed by atoms with Crippen molar-refractivity contribution in [1.82, 2.24) is 15.0 Å². The molecular weight excluding hydrogens is 495 g/mol. The summed E-state index contributed by atoms with van der Waals surface area (Å²) in [6, 6.07) is 25.4. The van der Waals surface area contributed by atoms with Gasteiger partial charge in [-0.1, -0.05) is 6.07 Å². The summed E-state index contributed by atoms with van der Waals surface area (Å²) in [5.74, 6) is 2.86. The highest BCUT2D eigenvalue weighted by molar-refractivity contribution is 6.04. The van der Waals surface area contributed by atoms with Crippen LogP contribution in [0.2, 0.25) is 0 Å². The Morgan fingerprint density at radius 2 is 1.46 bits per heavy atom. The SMILES string of the molecule is Cc1ccnc(Nc2cc(Nc3ccc(NC(=O)c4cccc(Oc5ccc(F)cc5)c4)cc3)nc(C)n2)c1. The van der Waals surface area contributed by atoms with Crippen LogP contribution in [0.15, 0.2) is 97.2 Å². The third-order valence-electron chi connectivity index (χ3n) is 5.57. The lowest BCUT2D eigenvalue weighted by Gasteiger charge is -2.11. The minimum absolute atomic E-state index is 0.285. The van der Waals surface area contributed by atoms with Crippen molar-refractivity contribution in [3.05, 3.63) is 120 Å². The number of benzene rings is 3. The summed E-state index contributed by atoms with van der Waals surface area (Å²) in [6.07, 6.45) is 1.74. The van der Waals surface area contributed by atoms with Gasteiger partial charge in [0.25, 0.3) is 5.91 Å². The molecule has 0 atom stereocenters. The number of carbonyl (C=O) groups excluding carboxylic acids is 1. The van der Waals surface area contributed by atoms with E-state index in [4.69, 9.17) is 4.74 Å². The molecule has 0 saturated heterocycles. The number of anilines is 5. The van der Waals surface area contributed by atoms with E-state index in [0.29, 0.717) is 46.0 Å². The molecule has 2 heterocycles. The number of nitrogens with zero attached hydrogens (tertiary/aromatic N) is 3. The highest BCUT2D eigenvalue weighted by Gasteiger charge is 2.09. The van der Waals surface area contributed by atoms with Gasteiger partial charge in [-0.25, -0.2) is 19.3 Å². The number of nitrogens with one attached hydrogen (secondary N) is 3. The van der Waals surface area contributed by atoms with Gasteiger partial charge in [0.2, 0.25) is 0 Å². The van der Waals surface area contributed by atoms with E-state index < -0.39 is 0 Å². The van der Waals surface area contributed by atoms with Crippen LogP contribution in [0, 0.1) is 19.7 Å². The number of ether oxygens (including phenoxy) is 1. The van der Waals surface area contributed by atoms with Gasteiger partial charge in [-0.05, 0) is 98.3 Å². The molecule has 0 saturated carbocycles. The number of aryl methyl sites for hydroxylation is 2. The topological polar surface area (TPSA) is 101 Å². The molecule has 0 fully saturated rings. The van der Waals surface area contributed by atoms with E-state index in [0.717, 1.165) is 11.3 Å². The summed E-state index contributed by atoms with van der Waals surface area (Å²) in [5.41, 5.74) is 2.94. The second-order valence-electron chi connectivity index (χ2n) is 8.77. The Morgan fingerprint density at radius 3 is 2.21 bits per heavy atom. The summed E-state index contributed by atoms with van der Waals surface area (Å²) in [5, 5.41) is 9.35. The van der Waals surface area contributed by atoms with Gasteiger partial charge < -0.3 is 20.7 Å². The lowest BCUT2D eigenvalue weighted by atomic mass is 10.2. The molecule has 1 amide bonds. The van der Waals surface area contributed by atoms with Crippen LogP contribution in [0.5, 0.6) is 11.5 Å². The van der Waals surface area contributed by atoms with Gasteiger partial charge in [-0.3, -0.25) is 4.79 Å². The van der Waals surface area contributed by atoms with Crippen LogP contribution in [0.1, 0.15) is 21.7 Å². The summed E-state index contributed by atoms with van der Waals surface area (Å²) < 4.78 is 18.9. The smallest absolute Gasteiger partial charge is 0.255 e. The Morgan fingerprint density at radius 1 is 0.744 bits per heavy atom. The third kappa shape index (κ3) is 6.92. The van der Waals surface area contributed by atoms with Gasteiger partial charge >= 0.3 is 0 Å². The van der Waals surface area contributed by atoms with Crippen molar-refractivity contribution in [2.45, 2.75) is 13.8 Å². The first kappa shape index (κ1) is 25.3. The maximum atomic E-state index is 13.1. The monoisotopic (exact) mass is 520 g/mol. The molecule has 194 valence electrons. The second-order valence-corrected chi connectivity index (χ2v) is 8.77. The van der Waals surface area contributed by atoms with E-state index in [1.807, 2.05) is 38.1 Å². The lowest BCUT2D eigenvalue weighted by Crippen LogP contribution is -2.11. The molecule has 5 rings (SSSR count). The van der Waals surface area contributed by atoms with Crippen LogP contribution in [0.3, 0.4) is 0 Å². The van der Waals surface area contributed by atoms with Crippen molar-refractivity contribution in [2.75, 3.05) is 16.0 Å². The number of hydrogen-bond acceptors (Lipinski definition) is 7. The zero-order chi connectivity index (χ0) is 27.2. The van der Waals surface area contributed by atoms with Crippen LogP contribution < -0.4 is 20.7 Å². The number of hydrogen-bond donors (Lipinski definition) is 3. The van der Waals surface area contributed by atoms with E-state index >= 15 is 0 Å². The number of halogens is 1. The molecule has 5 aromatic rings. The van der Waals surface area contributed by atoms with E-state index in [1.54, 1.807) is 48.7 Å². The van der Waals surface area contributed by atoms with Gasteiger partial charge in [-0.15, -0.1) is 0 Å². The van der Waals surface area contributed by atoms with E-state index in [-0.39, 0.29) is 11.7 Å². The van der Waals surface area contributed by atoms with E-state index in [9.17, 15) is 9.18 Å². The fourth-order valence-electron chi connectivity index (χ4n) is 3.76. The second kappa shape index (κ2) is 11.4. The highest BCUT2D eigenvalue weighted by Crippen LogP contribution is 2.24. The Bertz CT molecular complexity index is 1610. The average molecular weight is 521 g/mol. The molecule has 0 bridgehead atoms. The number of pyridine rings is 1. The van der Waals surface area contributed by atoms with Crippen molar-refractivity contribution in [1.29, 1.82) is 0 Å². The number of carbonyl (C=O) groups is 1. The fraction of sp³-hybridized carbons (Fsp3) is 0.0667. The molecule has 0 spiro atoms. The van der Waals surface area contributed by atoms with Crippen LogP contribution in [0.4, 0.5) is 33.2 Å². The standard InChI is InChI=1S/C30H25FN6O2/c1-19-14-15-32-27(16-19)37-29-18-28(33-20(2)34-29)35-23-8-10-24(11-9-23)36-30(38)21-4-3-5-26(17-21)39-25-12-6-22(31)7-13-25/h3-18H,1-2H3,(H,36,38)(H2,32,33,34,35,37). The predicted molar refractivity (Wildman–Crippen MR) is 150 cm³/mol. The Labute approximate surface area is 225 Å². The summed E-state index contributed by atoms with van der Waals surface area (Å²) in [7, 11) is 0. The fourth-order valence-corrected chi connectivity index (χ4v) is 3.76. The van der Waals surface area contributed by atoms with Crippen LogP contribution >= 0.6 is 0 Å². The Kier molecular flexibility index (Phi) is 7.40. The molecule has 0 aliphatic rings. The lowest BCUT2D eigenvalue weighted by molar-refractivity contribution is 0.102. The molecule has 0 unspecified atom stereocenters. The van der Waals surface area contributed by atoms with Gasteiger partial charge in [0.05, 0.1) is 0 Å². The highest BCUT2D eigenvalue weighted by atomic mass is 19.1. The molecule has 9 heteroatoms. The molecule has 0 aliphatic heterocycles. The number of aromatic nitrogens is 3. The summed E-state index contributed by atoms with van der Waals surface area (Å²) in [6.45, 7) is 3.82. The van der Waals surface area contributed by atoms with Crippen LogP contribution in [-0.4, -0.2) is 20.9 Å². The normalized spacial score (nSPS) is 10.5. The van der Waals surface area contributed by atoms with E-state index in [1.165, 1.54) is 24.3 Å². The first-order valence-electron chi connectivity index (χ1n) is 12.2. The maximum absolute atomic E-state index is 13.1. The minimum atomic E-state index is -0.346. The summed E-state index contributed by atoms with van der Waals surface area (Å²) in [4.78, 5) is 26.0. The number of amides is 1. The zero-order valence-corrected chi connectivity index (χ0v) is 21.3. The van der Waals surface area contributed by atoms with Gasteiger partial charge in [-0.2, -0.15) is 0 Å². The van der Waals surface area contributed by atoms with Crippen molar-refractivity contribution < 1.29 is 13.9 Å². The first-order valence-corrected chi connectivity index (χ1v) is 12.2. The molecule has 3 aromatic carbocycles. The van der Waals surface area contributed by atoms with Crippen molar-refractivity contribution >= 4 is 34.7 Å². The Balaban J connectivity index is 1.22. The molecule has 0 aliphatic carbocycles. The van der Waals surface area contributed by atoms with Crippen LogP contribution in [0.25, 0.3) is 0 Å². The molecule has 3 N–H and O–H groups in total. The number of rotatable bonds is 8. The van der Waals surface area contributed by atoms with Gasteiger partial charge in [0, 0.05) is 29.2 Å². The van der Waals surface area contributed by atoms with Gasteiger partial charge in [0.15, 0.2) is 0 Å². The van der Waals surface area contributed by atoms with Crippen molar-refractivity contribution in [3.63, 3.8) is 0 Å². The first-order chi connectivity index (χ1) is 18.9. The van der Waals surface area contributed by atoms with E-state index in [2.05, 4.69) is 30.9 Å². The predicted octanol–water partition coefficient (Wildman–Crippen LogP) is 7.16. The van der Waals surface area contributed by atoms with Crippen molar-refractivity contribution in [2.24, 2.45) is 0 Å². The summed E-state index contributed by atoms with van der Waals surface area (Å²) >= 11 is 0. The maximum Gasteiger partial charge on any atom is 0.255 e. The largest absolute Gasteiger partial charge is 0.457 e. The van der Waals surface area contributed by atoms with Crippen LogP contribution in [-0.2, 0) is 0 Å². The zero-order valence-electron chi connectivity index (χ0n) is 21.3. The molecule has 0 radical (unpaired) electrons. The Hall–Kier alpha value is -5.31. The molecule has 2 aromatic heterocycles. The molecule has 8 nitrogen and oxygen atoms in total. The minimum Gasteiger partial charge on any atom is -0.457 e. The van der Waals surface area contributed by atoms with Gasteiger partial charge in [0.1, 0.15) is 40.6 Å². The average Bonchev–Trinajstić information content (AvgIpc) is 2.91. The van der Waals surface area contributed by atoms with Crippen molar-refractivity contribution in [3.8, 4) is 11.5 Å². The quantitative estimate of drug-likeness (QED) is 0.200.